The minimum Gasteiger partial charge on any atom is -0.423 e. The van der Waals surface area contributed by atoms with Crippen LogP contribution < -0.4 is 9.64 Å². The zero-order chi connectivity index (χ0) is 18.5. The summed E-state index contributed by atoms with van der Waals surface area (Å²) in [6.07, 6.45) is 4.29. The molecule has 0 atom stereocenters. The molecule has 0 bridgehead atoms. The molecule has 1 heterocycles. The normalized spacial score (nSPS) is 14.6. The van der Waals surface area contributed by atoms with Gasteiger partial charge in [0, 0.05) is 24.2 Å². The predicted molar refractivity (Wildman–Crippen MR) is 100 cm³/mol. The lowest BCUT2D eigenvalue weighted by Crippen LogP contribution is -2.25. The van der Waals surface area contributed by atoms with Gasteiger partial charge in [-0.2, -0.15) is 0 Å². The second-order valence-electron chi connectivity index (χ2n) is 6.21. The first-order valence-corrected chi connectivity index (χ1v) is 8.93. The summed E-state index contributed by atoms with van der Waals surface area (Å²) in [6.45, 7) is 1.57. The molecule has 1 saturated heterocycles. The van der Waals surface area contributed by atoms with Gasteiger partial charge in [-0.1, -0.05) is 24.4 Å². The first-order chi connectivity index (χ1) is 12.5. The Morgan fingerprint density at radius 1 is 1.04 bits per heavy atom. The van der Waals surface area contributed by atoms with Crippen molar-refractivity contribution in [2.24, 2.45) is 0 Å². The van der Waals surface area contributed by atoms with Crippen molar-refractivity contribution in [2.75, 3.05) is 18.0 Å². The van der Waals surface area contributed by atoms with Crippen LogP contribution in [0.3, 0.4) is 0 Å². The summed E-state index contributed by atoms with van der Waals surface area (Å²) >= 11 is 5.80. The fraction of sp³-hybridized carbons (Fsp3) is 0.316. The number of nitro benzene ring substituents is 1. The Morgan fingerprint density at radius 3 is 2.31 bits per heavy atom. The Labute approximate surface area is 156 Å². The molecule has 0 aromatic heterocycles. The molecular formula is C19H19ClN2O4. The SMILES string of the molecule is O=C(Oc1ccc(Cl)cc1)c1ccc(N2CCCCCC2)c([N+](=O)[O-])c1. The topological polar surface area (TPSA) is 72.7 Å². The highest BCUT2D eigenvalue weighted by atomic mass is 35.5. The van der Waals surface area contributed by atoms with Crippen molar-refractivity contribution >= 4 is 28.9 Å². The van der Waals surface area contributed by atoms with Gasteiger partial charge in [0.1, 0.15) is 11.4 Å². The van der Waals surface area contributed by atoms with Gasteiger partial charge in [-0.15, -0.1) is 0 Å². The van der Waals surface area contributed by atoms with Gasteiger partial charge >= 0.3 is 5.97 Å². The van der Waals surface area contributed by atoms with Crippen molar-refractivity contribution in [1.29, 1.82) is 0 Å². The molecule has 2 aromatic rings. The maximum absolute atomic E-state index is 12.3. The molecule has 0 N–H and O–H groups in total. The summed E-state index contributed by atoms with van der Waals surface area (Å²) < 4.78 is 5.26. The number of halogens is 1. The maximum Gasteiger partial charge on any atom is 0.343 e. The average molecular weight is 375 g/mol. The second kappa shape index (κ2) is 8.19. The smallest absolute Gasteiger partial charge is 0.343 e. The van der Waals surface area contributed by atoms with E-state index in [1.54, 1.807) is 36.4 Å². The summed E-state index contributed by atoms with van der Waals surface area (Å²) in [5.41, 5.74) is 0.627. The third-order valence-corrected chi connectivity index (χ3v) is 4.63. The van der Waals surface area contributed by atoms with Crippen LogP contribution in [-0.2, 0) is 0 Å². The number of rotatable bonds is 4. The Kier molecular flexibility index (Phi) is 5.73. The van der Waals surface area contributed by atoms with Gasteiger partial charge in [-0.25, -0.2) is 4.79 Å². The lowest BCUT2D eigenvalue weighted by molar-refractivity contribution is -0.384. The first kappa shape index (κ1) is 18.2. The zero-order valence-electron chi connectivity index (χ0n) is 14.2. The summed E-state index contributed by atoms with van der Waals surface area (Å²) in [5, 5.41) is 12.1. The third-order valence-electron chi connectivity index (χ3n) is 4.38. The largest absolute Gasteiger partial charge is 0.423 e. The van der Waals surface area contributed by atoms with Gasteiger partial charge in [0.05, 0.1) is 10.5 Å². The second-order valence-corrected chi connectivity index (χ2v) is 6.64. The quantitative estimate of drug-likeness (QED) is 0.331. The van der Waals surface area contributed by atoms with Crippen LogP contribution >= 0.6 is 11.6 Å². The van der Waals surface area contributed by atoms with E-state index in [9.17, 15) is 14.9 Å². The van der Waals surface area contributed by atoms with E-state index >= 15 is 0 Å². The van der Waals surface area contributed by atoms with Gasteiger partial charge in [0.25, 0.3) is 5.69 Å². The lowest BCUT2D eigenvalue weighted by Gasteiger charge is -2.22. The molecule has 1 aliphatic rings. The van der Waals surface area contributed by atoms with Crippen molar-refractivity contribution in [1.82, 2.24) is 0 Å². The highest BCUT2D eigenvalue weighted by Crippen LogP contribution is 2.31. The number of hydrogen-bond acceptors (Lipinski definition) is 5. The van der Waals surface area contributed by atoms with Crippen LogP contribution in [0.2, 0.25) is 5.02 Å². The Bertz CT molecular complexity index is 800. The molecule has 2 aromatic carbocycles. The summed E-state index contributed by atoms with van der Waals surface area (Å²) in [4.78, 5) is 25.4. The van der Waals surface area contributed by atoms with Crippen molar-refractivity contribution in [3.05, 3.63) is 63.2 Å². The summed E-state index contributed by atoms with van der Waals surface area (Å²) in [5.74, 6) is -0.309. The number of anilines is 1. The molecule has 26 heavy (non-hydrogen) atoms. The van der Waals surface area contributed by atoms with Gasteiger partial charge < -0.3 is 9.64 Å². The highest BCUT2D eigenvalue weighted by molar-refractivity contribution is 6.30. The highest BCUT2D eigenvalue weighted by Gasteiger charge is 2.23. The zero-order valence-corrected chi connectivity index (χ0v) is 14.9. The molecule has 0 amide bonds. The van der Waals surface area contributed by atoms with Crippen LogP contribution in [0.1, 0.15) is 36.0 Å². The van der Waals surface area contributed by atoms with Crippen LogP contribution in [0.25, 0.3) is 0 Å². The molecule has 136 valence electrons. The third kappa shape index (κ3) is 4.32. The molecule has 3 rings (SSSR count). The molecule has 0 radical (unpaired) electrons. The van der Waals surface area contributed by atoms with Crippen LogP contribution in [0.5, 0.6) is 5.75 Å². The number of nitro groups is 1. The van der Waals surface area contributed by atoms with E-state index in [2.05, 4.69) is 0 Å². The molecular weight excluding hydrogens is 356 g/mol. The molecule has 0 unspecified atom stereocenters. The van der Waals surface area contributed by atoms with E-state index in [4.69, 9.17) is 16.3 Å². The molecule has 6 nitrogen and oxygen atoms in total. The van der Waals surface area contributed by atoms with Crippen molar-refractivity contribution in [2.45, 2.75) is 25.7 Å². The minimum absolute atomic E-state index is 0.0718. The van der Waals surface area contributed by atoms with Gasteiger partial charge in [0.15, 0.2) is 0 Å². The molecule has 1 aliphatic heterocycles. The van der Waals surface area contributed by atoms with E-state index in [-0.39, 0.29) is 11.3 Å². The Balaban J connectivity index is 1.84. The maximum atomic E-state index is 12.3. The first-order valence-electron chi connectivity index (χ1n) is 8.56. The Hall–Kier alpha value is -2.60. The van der Waals surface area contributed by atoms with E-state index in [1.165, 1.54) is 6.07 Å². The number of benzene rings is 2. The minimum atomic E-state index is -0.641. The molecule has 0 spiro atoms. The van der Waals surface area contributed by atoms with Crippen LogP contribution in [0.15, 0.2) is 42.5 Å². The molecule has 0 aliphatic carbocycles. The molecule has 0 saturated carbocycles. The van der Waals surface area contributed by atoms with E-state index in [0.29, 0.717) is 16.5 Å². The van der Waals surface area contributed by atoms with Gasteiger partial charge in [-0.3, -0.25) is 10.1 Å². The van der Waals surface area contributed by atoms with Crippen molar-refractivity contribution < 1.29 is 14.5 Å². The molecule has 1 fully saturated rings. The standard InChI is InChI=1S/C19H19ClN2O4/c20-15-6-8-16(9-7-15)26-19(23)14-5-10-17(18(13-14)22(24)25)21-11-3-1-2-4-12-21/h5-10,13H,1-4,11-12H2. The lowest BCUT2D eigenvalue weighted by atomic mass is 10.1. The van der Waals surface area contributed by atoms with Crippen molar-refractivity contribution in [3.8, 4) is 5.75 Å². The fourth-order valence-corrected chi connectivity index (χ4v) is 3.17. The number of ether oxygens (including phenoxy) is 1. The summed E-state index contributed by atoms with van der Waals surface area (Å²) in [6, 6.07) is 10.9. The number of carbonyl (C=O) groups excluding carboxylic acids is 1. The predicted octanol–water partition coefficient (Wildman–Crippen LogP) is 4.85. The number of nitrogens with zero attached hydrogens (tertiary/aromatic N) is 2. The number of hydrogen-bond donors (Lipinski definition) is 0. The van der Waals surface area contributed by atoms with Gasteiger partial charge in [0.2, 0.25) is 0 Å². The van der Waals surface area contributed by atoms with Crippen LogP contribution in [0.4, 0.5) is 11.4 Å². The average Bonchev–Trinajstić information content (AvgIpc) is 2.92. The molecule has 7 heteroatoms. The number of carbonyl (C=O) groups is 1. The Morgan fingerprint density at radius 2 is 1.69 bits per heavy atom. The summed E-state index contributed by atoms with van der Waals surface area (Å²) in [7, 11) is 0. The monoisotopic (exact) mass is 374 g/mol. The van der Waals surface area contributed by atoms with Crippen molar-refractivity contribution in [3.63, 3.8) is 0 Å². The van der Waals surface area contributed by atoms with Crippen LogP contribution in [-0.4, -0.2) is 24.0 Å². The fourth-order valence-electron chi connectivity index (χ4n) is 3.04. The van der Waals surface area contributed by atoms with Crippen LogP contribution in [0, 0.1) is 10.1 Å². The van der Waals surface area contributed by atoms with E-state index in [0.717, 1.165) is 38.8 Å². The van der Waals surface area contributed by atoms with E-state index < -0.39 is 10.9 Å². The van der Waals surface area contributed by atoms with E-state index in [1.807, 2.05) is 4.90 Å². The number of esters is 1. The van der Waals surface area contributed by atoms with Gasteiger partial charge in [-0.05, 0) is 49.2 Å².